The first kappa shape index (κ1) is 17.7. The van der Waals surface area contributed by atoms with Crippen molar-refractivity contribution in [2.24, 2.45) is 5.92 Å². The van der Waals surface area contributed by atoms with Crippen molar-refractivity contribution in [3.63, 3.8) is 0 Å². The molecule has 0 aromatic heterocycles. The van der Waals surface area contributed by atoms with Crippen LogP contribution in [0.4, 0.5) is 5.69 Å². The molecule has 21 heavy (non-hydrogen) atoms. The highest BCUT2D eigenvalue weighted by atomic mass is 16.1. The normalized spacial score (nSPS) is 11.7. The van der Waals surface area contributed by atoms with Crippen molar-refractivity contribution in [1.29, 1.82) is 0 Å². The van der Waals surface area contributed by atoms with Crippen molar-refractivity contribution < 1.29 is 4.79 Å². The Morgan fingerprint density at radius 3 is 2.43 bits per heavy atom. The predicted octanol–water partition coefficient (Wildman–Crippen LogP) is 3.95. The van der Waals surface area contributed by atoms with Crippen LogP contribution in [0.5, 0.6) is 0 Å². The van der Waals surface area contributed by atoms with Gasteiger partial charge in [0.25, 0.3) is 0 Å². The molecular weight excluding hydrogens is 260 g/mol. The molecule has 0 radical (unpaired) electrons. The zero-order valence-electron chi connectivity index (χ0n) is 14.1. The van der Waals surface area contributed by atoms with Gasteiger partial charge in [-0.25, -0.2) is 0 Å². The van der Waals surface area contributed by atoms with Gasteiger partial charge < -0.3 is 10.6 Å². The number of nitrogens with one attached hydrogen (secondary N) is 2. The van der Waals surface area contributed by atoms with E-state index < -0.39 is 0 Å². The van der Waals surface area contributed by atoms with Gasteiger partial charge in [-0.3, -0.25) is 4.79 Å². The molecule has 3 heteroatoms. The van der Waals surface area contributed by atoms with Crippen LogP contribution < -0.4 is 10.6 Å². The van der Waals surface area contributed by atoms with Gasteiger partial charge in [0.15, 0.2) is 0 Å². The smallest absolute Gasteiger partial charge is 0.225 e. The largest absolute Gasteiger partial charge is 0.326 e. The van der Waals surface area contributed by atoms with Gasteiger partial charge in [0, 0.05) is 18.7 Å². The SMILES string of the molecule is CC(C)CCNCCC(=O)Nc1ccccc1C(C)(C)C. The summed E-state index contributed by atoms with van der Waals surface area (Å²) in [5.41, 5.74) is 2.13. The van der Waals surface area contributed by atoms with Gasteiger partial charge in [0.05, 0.1) is 0 Å². The van der Waals surface area contributed by atoms with Crippen molar-refractivity contribution in [2.75, 3.05) is 18.4 Å². The van der Waals surface area contributed by atoms with Gasteiger partial charge >= 0.3 is 0 Å². The molecule has 0 saturated carbocycles. The van der Waals surface area contributed by atoms with Crippen molar-refractivity contribution in [1.82, 2.24) is 5.32 Å². The first-order valence-electron chi connectivity index (χ1n) is 7.91. The average molecular weight is 290 g/mol. The van der Waals surface area contributed by atoms with Gasteiger partial charge in [0.2, 0.25) is 5.91 Å². The van der Waals surface area contributed by atoms with Crippen LogP contribution >= 0.6 is 0 Å². The number of para-hydroxylation sites is 1. The maximum Gasteiger partial charge on any atom is 0.225 e. The van der Waals surface area contributed by atoms with E-state index >= 15 is 0 Å². The third-order valence-electron chi connectivity index (χ3n) is 3.44. The summed E-state index contributed by atoms with van der Waals surface area (Å²) in [6, 6.07) is 8.04. The standard InChI is InChI=1S/C18H30N2O/c1-14(2)10-12-19-13-11-17(21)20-16-9-7-6-8-15(16)18(3,4)5/h6-9,14,19H,10-13H2,1-5H3,(H,20,21). The van der Waals surface area contributed by atoms with Gasteiger partial charge in [-0.2, -0.15) is 0 Å². The second-order valence-corrected chi connectivity index (χ2v) is 7.03. The van der Waals surface area contributed by atoms with E-state index in [9.17, 15) is 4.79 Å². The van der Waals surface area contributed by atoms with Crippen molar-refractivity contribution in [3.05, 3.63) is 29.8 Å². The number of benzene rings is 1. The molecule has 0 bridgehead atoms. The summed E-state index contributed by atoms with van der Waals surface area (Å²) in [5.74, 6) is 0.772. The van der Waals surface area contributed by atoms with Crippen LogP contribution in [0, 0.1) is 5.92 Å². The fourth-order valence-electron chi connectivity index (χ4n) is 2.18. The van der Waals surface area contributed by atoms with Gasteiger partial charge in [-0.1, -0.05) is 52.8 Å². The first-order chi connectivity index (χ1) is 9.80. The van der Waals surface area contributed by atoms with Gasteiger partial charge in [-0.15, -0.1) is 0 Å². The Balaban J connectivity index is 2.45. The average Bonchev–Trinajstić information content (AvgIpc) is 2.37. The number of hydrogen-bond acceptors (Lipinski definition) is 2. The Morgan fingerprint density at radius 2 is 1.81 bits per heavy atom. The number of anilines is 1. The molecule has 2 N–H and O–H groups in total. The van der Waals surface area contributed by atoms with E-state index in [4.69, 9.17) is 0 Å². The van der Waals surface area contributed by atoms with E-state index in [0.717, 1.165) is 25.2 Å². The maximum absolute atomic E-state index is 12.0. The molecule has 118 valence electrons. The highest BCUT2D eigenvalue weighted by Crippen LogP contribution is 2.29. The summed E-state index contributed by atoms with van der Waals surface area (Å²) in [7, 11) is 0. The highest BCUT2D eigenvalue weighted by molar-refractivity contribution is 5.91. The molecule has 0 aliphatic rings. The van der Waals surface area contributed by atoms with Crippen LogP contribution in [0.1, 0.15) is 53.0 Å². The van der Waals surface area contributed by atoms with Crippen LogP contribution in [0.2, 0.25) is 0 Å². The molecule has 0 saturated heterocycles. The molecule has 0 spiro atoms. The lowest BCUT2D eigenvalue weighted by atomic mass is 9.86. The van der Waals surface area contributed by atoms with E-state index in [-0.39, 0.29) is 11.3 Å². The monoisotopic (exact) mass is 290 g/mol. The lowest BCUT2D eigenvalue weighted by molar-refractivity contribution is -0.116. The van der Waals surface area contributed by atoms with Crippen LogP contribution in [-0.4, -0.2) is 19.0 Å². The molecule has 0 fully saturated rings. The van der Waals surface area contributed by atoms with Crippen molar-refractivity contribution in [2.45, 2.75) is 52.9 Å². The molecule has 0 heterocycles. The molecule has 1 amide bonds. The zero-order chi connectivity index (χ0) is 15.9. The lowest BCUT2D eigenvalue weighted by Crippen LogP contribution is -2.24. The van der Waals surface area contributed by atoms with E-state index in [0.29, 0.717) is 12.3 Å². The minimum atomic E-state index is 0.0272. The third-order valence-corrected chi connectivity index (χ3v) is 3.44. The third kappa shape index (κ3) is 6.76. The molecule has 0 unspecified atom stereocenters. The molecule has 0 aliphatic carbocycles. The predicted molar refractivity (Wildman–Crippen MR) is 90.7 cm³/mol. The second kappa shape index (κ2) is 8.18. The summed E-state index contributed by atoms with van der Waals surface area (Å²) in [6.45, 7) is 12.6. The first-order valence-corrected chi connectivity index (χ1v) is 7.91. The number of rotatable bonds is 7. The van der Waals surface area contributed by atoms with Gasteiger partial charge in [0.1, 0.15) is 0 Å². The second-order valence-electron chi connectivity index (χ2n) is 7.03. The lowest BCUT2D eigenvalue weighted by Gasteiger charge is -2.23. The number of amides is 1. The fraction of sp³-hybridized carbons (Fsp3) is 0.611. The van der Waals surface area contributed by atoms with E-state index in [2.05, 4.69) is 51.3 Å². The summed E-state index contributed by atoms with van der Waals surface area (Å²) in [4.78, 5) is 12.0. The number of carbonyl (C=O) groups is 1. The van der Waals surface area contributed by atoms with E-state index in [1.807, 2.05) is 18.2 Å². The van der Waals surface area contributed by atoms with E-state index in [1.54, 1.807) is 0 Å². The molecule has 1 aromatic rings. The highest BCUT2D eigenvalue weighted by Gasteiger charge is 2.18. The Bertz CT molecular complexity index is 447. The minimum Gasteiger partial charge on any atom is -0.326 e. The minimum absolute atomic E-state index is 0.0272. The van der Waals surface area contributed by atoms with Crippen LogP contribution in [0.3, 0.4) is 0 Å². The van der Waals surface area contributed by atoms with Gasteiger partial charge in [-0.05, 0) is 35.9 Å². The Morgan fingerprint density at radius 1 is 1.14 bits per heavy atom. The topological polar surface area (TPSA) is 41.1 Å². The zero-order valence-corrected chi connectivity index (χ0v) is 14.1. The van der Waals surface area contributed by atoms with Crippen LogP contribution in [0.25, 0.3) is 0 Å². The van der Waals surface area contributed by atoms with Crippen molar-refractivity contribution in [3.8, 4) is 0 Å². The molecular formula is C18H30N2O. The van der Waals surface area contributed by atoms with E-state index in [1.165, 1.54) is 5.56 Å². The summed E-state index contributed by atoms with van der Waals surface area (Å²) < 4.78 is 0. The van der Waals surface area contributed by atoms with Crippen molar-refractivity contribution >= 4 is 11.6 Å². The van der Waals surface area contributed by atoms with Crippen LogP contribution in [0.15, 0.2) is 24.3 Å². The Labute approximate surface area is 129 Å². The van der Waals surface area contributed by atoms with Crippen LogP contribution in [-0.2, 0) is 10.2 Å². The molecule has 0 atom stereocenters. The summed E-state index contributed by atoms with van der Waals surface area (Å²) in [6.07, 6.45) is 1.66. The quantitative estimate of drug-likeness (QED) is 0.747. The Kier molecular flexibility index (Phi) is 6.90. The molecule has 0 aliphatic heterocycles. The molecule has 1 rings (SSSR count). The maximum atomic E-state index is 12.0. The Hall–Kier alpha value is -1.35. The molecule has 3 nitrogen and oxygen atoms in total. The number of carbonyl (C=O) groups excluding carboxylic acids is 1. The summed E-state index contributed by atoms with van der Waals surface area (Å²) in [5, 5.41) is 6.36. The fourth-order valence-corrected chi connectivity index (χ4v) is 2.18. The summed E-state index contributed by atoms with van der Waals surface area (Å²) >= 11 is 0. The number of hydrogen-bond donors (Lipinski definition) is 2. The molecule has 1 aromatic carbocycles.